The summed E-state index contributed by atoms with van der Waals surface area (Å²) < 4.78 is 5.44. The van der Waals surface area contributed by atoms with Crippen LogP contribution in [0.15, 0.2) is 18.2 Å². The zero-order valence-electron chi connectivity index (χ0n) is 17.7. The third kappa shape index (κ3) is 7.74. The molecular weight excluding hydrogens is 346 g/mol. The van der Waals surface area contributed by atoms with E-state index in [-0.39, 0.29) is 5.54 Å². The second-order valence-corrected chi connectivity index (χ2v) is 7.29. The maximum Gasteiger partial charge on any atom is 0.414 e. The Labute approximate surface area is 163 Å². The van der Waals surface area contributed by atoms with Gasteiger partial charge in [0.2, 0.25) is 0 Å². The summed E-state index contributed by atoms with van der Waals surface area (Å²) in [5.74, 6) is 0.846. The van der Waals surface area contributed by atoms with E-state index in [2.05, 4.69) is 26.1 Å². The van der Waals surface area contributed by atoms with Crippen molar-refractivity contribution in [3.63, 3.8) is 0 Å². The van der Waals surface area contributed by atoms with Gasteiger partial charge in [0.15, 0.2) is 5.75 Å². The highest BCUT2D eigenvalue weighted by atomic mass is 16.7. The predicted molar refractivity (Wildman–Crippen MR) is 107 cm³/mol. The Morgan fingerprint density at radius 3 is 2.33 bits per heavy atom. The predicted octanol–water partition coefficient (Wildman–Crippen LogP) is 3.19. The maximum atomic E-state index is 12.1. The number of carbonyl (C=O) groups is 1. The molecule has 1 rings (SSSR count). The van der Waals surface area contributed by atoms with E-state index in [1.54, 1.807) is 30.3 Å². The number of nitrogens with zero attached hydrogens (tertiary/aromatic N) is 2. The van der Waals surface area contributed by atoms with Crippen molar-refractivity contribution in [3.05, 3.63) is 23.8 Å². The summed E-state index contributed by atoms with van der Waals surface area (Å²) in [4.78, 5) is 19.3. The van der Waals surface area contributed by atoms with Crippen LogP contribution in [0, 0.1) is 0 Å². The van der Waals surface area contributed by atoms with Gasteiger partial charge in [-0.25, -0.2) is 4.79 Å². The first-order valence-corrected chi connectivity index (χ1v) is 9.52. The molecule has 0 bridgehead atoms. The molecule has 0 radical (unpaired) electrons. The molecule has 1 atom stereocenters. The zero-order chi connectivity index (χ0) is 20.6. The van der Waals surface area contributed by atoms with Crippen LogP contribution < -0.4 is 14.9 Å². The van der Waals surface area contributed by atoms with E-state index >= 15 is 0 Å². The van der Waals surface area contributed by atoms with Gasteiger partial charge in [0.1, 0.15) is 5.75 Å². The number of benzene rings is 1. The number of aliphatic hydroxyl groups excluding tert-OH is 1. The van der Waals surface area contributed by atoms with E-state index in [4.69, 9.17) is 9.57 Å². The van der Waals surface area contributed by atoms with Crippen molar-refractivity contribution in [2.75, 3.05) is 33.7 Å². The van der Waals surface area contributed by atoms with Gasteiger partial charge >= 0.3 is 6.09 Å². The lowest BCUT2D eigenvalue weighted by Crippen LogP contribution is -2.40. The molecule has 1 aromatic carbocycles. The minimum absolute atomic E-state index is 0.0728. The number of hydrogen-bond acceptors (Lipinski definition) is 6. The van der Waals surface area contributed by atoms with E-state index in [9.17, 15) is 9.90 Å². The lowest BCUT2D eigenvalue weighted by molar-refractivity contribution is -0.0266. The van der Waals surface area contributed by atoms with Crippen molar-refractivity contribution in [3.8, 4) is 11.5 Å². The van der Waals surface area contributed by atoms with E-state index < -0.39 is 12.2 Å². The van der Waals surface area contributed by atoms with Crippen LogP contribution >= 0.6 is 0 Å². The first kappa shape index (κ1) is 23.2. The Balaban J connectivity index is 3.04. The Bertz CT molecular complexity index is 607. The summed E-state index contributed by atoms with van der Waals surface area (Å²) in [6.45, 7) is 11.7. The number of nitrogens with one attached hydrogen (secondary N) is 1. The fraction of sp³-hybridized carbons (Fsp3) is 0.650. The van der Waals surface area contributed by atoms with Gasteiger partial charge in [0, 0.05) is 45.3 Å². The van der Waals surface area contributed by atoms with Crippen molar-refractivity contribution in [2.24, 2.45) is 0 Å². The van der Waals surface area contributed by atoms with Crippen LogP contribution in [0.1, 0.15) is 52.7 Å². The van der Waals surface area contributed by atoms with Crippen LogP contribution in [-0.4, -0.2) is 60.4 Å². The summed E-state index contributed by atoms with van der Waals surface area (Å²) in [5, 5.41) is 15.6. The number of β-amino-alcohol motifs (C(OH)–C–C–N with tert-alkyl or cyclic N) is 1. The van der Waals surface area contributed by atoms with Crippen LogP contribution in [-0.2, 0) is 0 Å². The molecular formula is C20H35N3O4. The van der Waals surface area contributed by atoms with Crippen molar-refractivity contribution in [1.29, 1.82) is 0 Å². The average molecular weight is 382 g/mol. The van der Waals surface area contributed by atoms with Gasteiger partial charge in [-0.2, -0.15) is 0 Å². The van der Waals surface area contributed by atoms with Crippen molar-refractivity contribution < 1.29 is 19.5 Å². The molecule has 7 nitrogen and oxygen atoms in total. The van der Waals surface area contributed by atoms with Crippen LogP contribution in [0.3, 0.4) is 0 Å². The number of ether oxygens (including phenoxy) is 1. The zero-order valence-corrected chi connectivity index (χ0v) is 17.7. The van der Waals surface area contributed by atoms with Crippen LogP contribution in [0.2, 0.25) is 0 Å². The monoisotopic (exact) mass is 381 g/mol. The summed E-state index contributed by atoms with van der Waals surface area (Å²) >= 11 is 0. The molecule has 0 fully saturated rings. The summed E-state index contributed by atoms with van der Waals surface area (Å²) in [6, 6.07) is 5.08. The molecule has 0 aliphatic rings. The maximum absolute atomic E-state index is 12.1. The first-order valence-electron chi connectivity index (χ1n) is 9.52. The number of hydroxylamine groups is 2. The molecule has 0 heterocycles. The Morgan fingerprint density at radius 1 is 1.15 bits per heavy atom. The fourth-order valence-electron chi connectivity index (χ4n) is 2.07. The minimum atomic E-state index is -0.757. The topological polar surface area (TPSA) is 74.3 Å². The van der Waals surface area contributed by atoms with E-state index in [0.717, 1.165) is 6.42 Å². The highest BCUT2D eigenvalue weighted by Crippen LogP contribution is 2.28. The van der Waals surface area contributed by atoms with Gasteiger partial charge in [0.05, 0.1) is 6.10 Å². The van der Waals surface area contributed by atoms with Crippen molar-refractivity contribution >= 4 is 6.09 Å². The lowest BCUT2D eigenvalue weighted by atomic mass is 10.0. The highest BCUT2D eigenvalue weighted by molar-refractivity contribution is 5.70. The number of rotatable bonds is 10. The van der Waals surface area contributed by atoms with Crippen LogP contribution in [0.25, 0.3) is 0 Å². The van der Waals surface area contributed by atoms with Gasteiger partial charge in [-0.05, 0) is 51.8 Å². The summed E-state index contributed by atoms with van der Waals surface area (Å²) in [5.41, 5.74) is 0.551. The molecule has 27 heavy (non-hydrogen) atoms. The van der Waals surface area contributed by atoms with E-state index in [1.165, 1.54) is 4.90 Å². The second-order valence-electron chi connectivity index (χ2n) is 7.29. The molecule has 0 aliphatic heterocycles. The fourth-order valence-corrected chi connectivity index (χ4v) is 2.07. The number of amides is 1. The summed E-state index contributed by atoms with van der Waals surface area (Å²) in [7, 11) is 3.48. The highest BCUT2D eigenvalue weighted by Gasteiger charge is 2.19. The molecule has 7 heteroatoms. The molecule has 0 saturated carbocycles. The SMILES string of the molecule is CCN(C)Oc1cc(OC(=O)N(C)CC)cc(C(O)CNC(C)(C)CC)c1. The van der Waals surface area contributed by atoms with Crippen LogP contribution in [0.5, 0.6) is 11.5 Å². The normalized spacial score (nSPS) is 12.8. The smallest absolute Gasteiger partial charge is 0.410 e. The van der Waals surface area contributed by atoms with Gasteiger partial charge in [-0.15, -0.1) is 5.06 Å². The third-order valence-electron chi connectivity index (χ3n) is 4.64. The minimum Gasteiger partial charge on any atom is -0.410 e. The van der Waals surface area contributed by atoms with Gasteiger partial charge < -0.3 is 24.9 Å². The van der Waals surface area contributed by atoms with Gasteiger partial charge in [0.25, 0.3) is 0 Å². The van der Waals surface area contributed by atoms with Gasteiger partial charge in [-0.1, -0.05) is 6.92 Å². The van der Waals surface area contributed by atoms with E-state index in [1.807, 2.05) is 20.9 Å². The third-order valence-corrected chi connectivity index (χ3v) is 4.64. The molecule has 2 N–H and O–H groups in total. The molecule has 0 aliphatic carbocycles. The Morgan fingerprint density at radius 2 is 1.78 bits per heavy atom. The number of carbonyl (C=O) groups excluding carboxylic acids is 1. The molecule has 0 aromatic heterocycles. The van der Waals surface area contributed by atoms with Gasteiger partial charge in [-0.3, -0.25) is 0 Å². The quantitative estimate of drug-likeness (QED) is 0.606. The average Bonchev–Trinajstić information content (AvgIpc) is 2.64. The molecule has 0 saturated heterocycles. The Kier molecular flexibility index (Phi) is 9.02. The number of hydrogen-bond donors (Lipinski definition) is 2. The molecule has 0 spiro atoms. The number of aliphatic hydroxyl groups is 1. The standard InChI is InChI=1S/C20H35N3O4/c1-8-20(4,5)21-14-18(24)15-11-16(26-19(25)22(6)9-2)13-17(12-15)27-23(7)10-3/h11-13,18,21,24H,8-10,14H2,1-7H3. The molecule has 1 unspecified atom stereocenters. The van der Waals surface area contributed by atoms with Crippen molar-refractivity contribution in [2.45, 2.75) is 52.7 Å². The lowest BCUT2D eigenvalue weighted by Gasteiger charge is -2.26. The molecule has 1 aromatic rings. The second kappa shape index (κ2) is 10.5. The molecule has 1 amide bonds. The van der Waals surface area contributed by atoms with Crippen molar-refractivity contribution in [1.82, 2.24) is 15.3 Å². The van der Waals surface area contributed by atoms with Crippen LogP contribution in [0.4, 0.5) is 4.79 Å². The van der Waals surface area contributed by atoms with E-state index in [0.29, 0.717) is 36.7 Å². The summed E-state index contributed by atoms with van der Waals surface area (Å²) in [6.07, 6.45) is -0.270. The molecule has 154 valence electrons. The largest absolute Gasteiger partial charge is 0.414 e. The Hall–Kier alpha value is -1.83. The first-order chi connectivity index (χ1) is 12.6.